The first-order valence-electron chi connectivity index (χ1n) is 12.3. The first-order valence-corrected chi connectivity index (χ1v) is 13.1. The SMILES string of the molecule is CC.CCc1cccc(C(N)=N/C(=C\Cc2ccccc2)c2ccc3c(c2)sc2ccccc23)c1. The van der Waals surface area contributed by atoms with E-state index >= 15 is 0 Å². The molecule has 0 fully saturated rings. The van der Waals surface area contributed by atoms with Crippen molar-refractivity contribution in [1.82, 2.24) is 0 Å². The van der Waals surface area contributed by atoms with Crippen LogP contribution in [0.5, 0.6) is 0 Å². The first kappa shape index (κ1) is 24.4. The second kappa shape index (κ2) is 11.6. The summed E-state index contributed by atoms with van der Waals surface area (Å²) in [5, 5.41) is 2.59. The van der Waals surface area contributed by atoms with Gasteiger partial charge >= 0.3 is 0 Å². The zero-order valence-electron chi connectivity index (χ0n) is 20.7. The molecule has 0 aliphatic rings. The van der Waals surface area contributed by atoms with Gasteiger partial charge < -0.3 is 5.73 Å². The third kappa shape index (κ3) is 5.70. The Balaban J connectivity index is 0.00000141. The highest BCUT2D eigenvalue weighted by molar-refractivity contribution is 7.25. The van der Waals surface area contributed by atoms with Gasteiger partial charge in [0.25, 0.3) is 0 Å². The van der Waals surface area contributed by atoms with Crippen LogP contribution in [0, 0.1) is 0 Å². The molecule has 4 aromatic carbocycles. The van der Waals surface area contributed by atoms with Gasteiger partial charge in [0.05, 0.1) is 5.70 Å². The van der Waals surface area contributed by atoms with Crippen LogP contribution >= 0.6 is 11.3 Å². The van der Waals surface area contributed by atoms with Crippen LogP contribution in [-0.4, -0.2) is 5.84 Å². The van der Waals surface area contributed by atoms with Gasteiger partial charge in [-0.15, -0.1) is 11.3 Å². The van der Waals surface area contributed by atoms with Crippen LogP contribution in [0.2, 0.25) is 0 Å². The minimum absolute atomic E-state index is 0.543. The molecule has 0 spiro atoms. The van der Waals surface area contributed by atoms with E-state index < -0.39 is 0 Å². The Morgan fingerprint density at radius 3 is 2.26 bits per heavy atom. The van der Waals surface area contributed by atoms with Crippen LogP contribution in [0.25, 0.3) is 25.9 Å². The summed E-state index contributed by atoms with van der Waals surface area (Å²) in [7, 11) is 0. The molecule has 0 radical (unpaired) electrons. The predicted octanol–water partition coefficient (Wildman–Crippen LogP) is 8.63. The molecule has 0 amide bonds. The normalized spacial score (nSPS) is 12.0. The van der Waals surface area contributed by atoms with Gasteiger partial charge in [0, 0.05) is 31.3 Å². The lowest BCUT2D eigenvalue weighted by Gasteiger charge is -2.08. The minimum Gasteiger partial charge on any atom is -0.383 e. The summed E-state index contributed by atoms with van der Waals surface area (Å²) in [6.45, 7) is 6.15. The Morgan fingerprint density at radius 2 is 1.46 bits per heavy atom. The Labute approximate surface area is 212 Å². The quantitative estimate of drug-likeness (QED) is 0.193. The Kier molecular flexibility index (Phi) is 8.12. The molecule has 35 heavy (non-hydrogen) atoms. The van der Waals surface area contributed by atoms with Crippen LogP contribution < -0.4 is 5.73 Å². The van der Waals surface area contributed by atoms with Crippen LogP contribution in [0.3, 0.4) is 0 Å². The number of benzene rings is 4. The zero-order chi connectivity index (χ0) is 24.6. The zero-order valence-corrected chi connectivity index (χ0v) is 21.5. The van der Waals surface area contributed by atoms with E-state index in [2.05, 4.69) is 91.9 Å². The van der Waals surface area contributed by atoms with Crippen molar-refractivity contribution in [3.8, 4) is 0 Å². The lowest BCUT2D eigenvalue weighted by atomic mass is 10.0. The number of amidine groups is 1. The van der Waals surface area contributed by atoms with E-state index in [1.54, 1.807) is 0 Å². The molecule has 1 heterocycles. The Hall–Kier alpha value is -3.69. The van der Waals surface area contributed by atoms with Crippen LogP contribution in [0.15, 0.2) is 108 Å². The summed E-state index contributed by atoms with van der Waals surface area (Å²) in [6.07, 6.45) is 3.95. The number of fused-ring (bicyclic) bond motifs is 3. The number of nitrogens with two attached hydrogens (primary N) is 1. The maximum atomic E-state index is 6.51. The second-order valence-electron chi connectivity index (χ2n) is 8.14. The third-order valence-electron chi connectivity index (χ3n) is 5.92. The van der Waals surface area contributed by atoms with E-state index in [0.29, 0.717) is 5.84 Å². The van der Waals surface area contributed by atoms with Crippen molar-refractivity contribution < 1.29 is 0 Å². The highest BCUT2D eigenvalue weighted by atomic mass is 32.1. The molecule has 0 saturated heterocycles. The van der Waals surface area contributed by atoms with Gasteiger partial charge in [0.2, 0.25) is 0 Å². The van der Waals surface area contributed by atoms with Crippen LogP contribution in [0.4, 0.5) is 0 Å². The molecule has 0 aliphatic carbocycles. The average molecular weight is 477 g/mol. The molecule has 0 bridgehead atoms. The lowest BCUT2D eigenvalue weighted by molar-refractivity contribution is 1.14. The van der Waals surface area contributed by atoms with E-state index in [4.69, 9.17) is 10.7 Å². The summed E-state index contributed by atoms with van der Waals surface area (Å²) >= 11 is 1.82. The number of aryl methyl sites for hydroxylation is 1. The number of thiophene rings is 1. The second-order valence-corrected chi connectivity index (χ2v) is 9.22. The van der Waals surface area contributed by atoms with E-state index in [1.165, 1.54) is 31.3 Å². The summed E-state index contributed by atoms with van der Waals surface area (Å²) in [5.74, 6) is 0.543. The van der Waals surface area contributed by atoms with Crippen LogP contribution in [-0.2, 0) is 12.8 Å². The number of hydrogen-bond donors (Lipinski definition) is 1. The molecule has 0 aliphatic heterocycles. The molecule has 2 N–H and O–H groups in total. The smallest absolute Gasteiger partial charge is 0.131 e. The molecule has 5 aromatic rings. The summed E-state index contributed by atoms with van der Waals surface area (Å²) in [5.41, 5.74) is 12.0. The molecule has 0 unspecified atom stereocenters. The molecule has 0 atom stereocenters. The minimum atomic E-state index is 0.543. The van der Waals surface area contributed by atoms with Gasteiger partial charge in [0.1, 0.15) is 5.84 Å². The van der Waals surface area contributed by atoms with E-state index in [9.17, 15) is 0 Å². The molecule has 5 rings (SSSR count). The summed E-state index contributed by atoms with van der Waals surface area (Å²) in [4.78, 5) is 4.93. The molecule has 176 valence electrons. The fourth-order valence-electron chi connectivity index (χ4n) is 4.09. The molecular weight excluding hydrogens is 444 g/mol. The predicted molar refractivity (Wildman–Crippen MR) is 155 cm³/mol. The Bertz CT molecular complexity index is 1480. The topological polar surface area (TPSA) is 38.4 Å². The summed E-state index contributed by atoms with van der Waals surface area (Å²) in [6, 6.07) is 34.0. The number of hydrogen-bond acceptors (Lipinski definition) is 2. The lowest BCUT2D eigenvalue weighted by Crippen LogP contribution is -2.13. The number of aliphatic imine (C=N–C) groups is 1. The van der Waals surface area contributed by atoms with E-state index in [0.717, 1.165) is 29.7 Å². The molecule has 0 saturated carbocycles. The van der Waals surface area contributed by atoms with E-state index in [-0.39, 0.29) is 0 Å². The molecule has 2 nitrogen and oxygen atoms in total. The molecule has 3 heteroatoms. The maximum absolute atomic E-state index is 6.51. The van der Waals surface area contributed by atoms with E-state index in [1.807, 2.05) is 43.4 Å². The van der Waals surface area contributed by atoms with Crippen molar-refractivity contribution in [3.63, 3.8) is 0 Å². The maximum Gasteiger partial charge on any atom is 0.131 e. The van der Waals surface area contributed by atoms with Gasteiger partial charge in [-0.2, -0.15) is 0 Å². The first-order chi connectivity index (χ1) is 17.2. The van der Waals surface area contributed by atoms with Gasteiger partial charge in [-0.05, 0) is 42.2 Å². The fraction of sp³-hybridized carbons (Fsp3) is 0.156. The van der Waals surface area contributed by atoms with Gasteiger partial charge in [-0.25, -0.2) is 4.99 Å². The molecule has 1 aromatic heterocycles. The van der Waals surface area contributed by atoms with Crippen LogP contribution in [0.1, 0.15) is 43.0 Å². The van der Waals surface area contributed by atoms with Crippen molar-refractivity contribution in [3.05, 3.63) is 125 Å². The third-order valence-corrected chi connectivity index (χ3v) is 7.05. The number of rotatable bonds is 6. The fourth-order valence-corrected chi connectivity index (χ4v) is 5.23. The number of allylic oxidation sites excluding steroid dienone is 1. The highest BCUT2D eigenvalue weighted by Crippen LogP contribution is 2.35. The highest BCUT2D eigenvalue weighted by Gasteiger charge is 2.09. The van der Waals surface area contributed by atoms with Crippen molar-refractivity contribution in [2.75, 3.05) is 0 Å². The molecular formula is C32H32N2S. The summed E-state index contributed by atoms with van der Waals surface area (Å²) < 4.78 is 2.57. The largest absolute Gasteiger partial charge is 0.383 e. The van der Waals surface area contributed by atoms with Gasteiger partial charge in [-0.1, -0.05) is 106 Å². The van der Waals surface area contributed by atoms with Crippen molar-refractivity contribution in [2.24, 2.45) is 10.7 Å². The number of nitrogens with zero attached hydrogens (tertiary/aromatic N) is 1. The average Bonchev–Trinajstić information content (AvgIpc) is 3.30. The van der Waals surface area contributed by atoms with Crippen molar-refractivity contribution in [1.29, 1.82) is 0 Å². The van der Waals surface area contributed by atoms with Crippen molar-refractivity contribution >= 4 is 43.0 Å². The Morgan fingerprint density at radius 1 is 0.743 bits per heavy atom. The monoisotopic (exact) mass is 476 g/mol. The van der Waals surface area contributed by atoms with Gasteiger partial charge in [-0.3, -0.25) is 0 Å². The van der Waals surface area contributed by atoms with Crippen molar-refractivity contribution in [2.45, 2.75) is 33.6 Å². The standard InChI is InChI=1S/C30H26N2S.C2H6/c1-2-21-11-8-12-24(19-21)30(31)32-27(18-15-22-9-4-3-5-10-22)23-16-17-26-25-13-6-7-14-28(25)33-29(26)20-23;1-2/h3-14,16-20H,2,15H2,1H3,(H2,31,32);1-2H3/b27-18-;. The van der Waals surface area contributed by atoms with Gasteiger partial charge in [0.15, 0.2) is 0 Å².